The molecule has 8 heteroatoms. The largest absolute Gasteiger partial charge is 0.370 e. The maximum atomic E-state index is 11.0. The molecule has 6 nitrogen and oxygen atoms in total. The first-order valence-electron chi connectivity index (χ1n) is 6.57. The number of sulfonamides is 1. The molecule has 0 amide bonds. The summed E-state index contributed by atoms with van der Waals surface area (Å²) in [6, 6.07) is 7.81. The van der Waals surface area contributed by atoms with Crippen molar-refractivity contribution >= 4 is 38.5 Å². The molecular weight excluding hydrogens is 308 g/mol. The van der Waals surface area contributed by atoms with E-state index in [-0.39, 0.29) is 0 Å². The van der Waals surface area contributed by atoms with Gasteiger partial charge in [-0.25, -0.2) is 23.1 Å². The molecule has 1 heterocycles. The van der Waals surface area contributed by atoms with E-state index in [1.807, 2.05) is 31.2 Å². The summed E-state index contributed by atoms with van der Waals surface area (Å²) < 4.78 is 24.4. The van der Waals surface area contributed by atoms with Crippen LogP contribution in [0.3, 0.4) is 0 Å². The molecular formula is C13H18N4O2S2. The highest BCUT2D eigenvalue weighted by molar-refractivity contribution is 7.99. The van der Waals surface area contributed by atoms with E-state index in [9.17, 15) is 8.42 Å². The maximum Gasteiger partial charge on any atom is 0.208 e. The molecule has 0 saturated carbocycles. The molecule has 1 aromatic carbocycles. The molecule has 2 aromatic rings. The number of fused-ring (bicyclic) bond motifs is 1. The lowest BCUT2D eigenvalue weighted by atomic mass is 10.2. The third-order valence-corrected chi connectivity index (χ3v) is 4.20. The van der Waals surface area contributed by atoms with Gasteiger partial charge in [-0.05, 0) is 19.1 Å². The minimum Gasteiger partial charge on any atom is -0.370 e. The van der Waals surface area contributed by atoms with Gasteiger partial charge < -0.3 is 5.32 Å². The van der Waals surface area contributed by atoms with Crippen LogP contribution in [0.25, 0.3) is 10.9 Å². The van der Waals surface area contributed by atoms with Crippen LogP contribution >= 0.6 is 11.8 Å². The van der Waals surface area contributed by atoms with Crippen LogP contribution in [0.5, 0.6) is 0 Å². The van der Waals surface area contributed by atoms with Gasteiger partial charge in [-0.1, -0.05) is 23.9 Å². The fourth-order valence-corrected chi connectivity index (χ4v) is 3.10. The molecule has 21 heavy (non-hydrogen) atoms. The van der Waals surface area contributed by atoms with Gasteiger partial charge in [0.25, 0.3) is 0 Å². The number of nitrogens with zero attached hydrogens (tertiary/aromatic N) is 2. The summed E-state index contributed by atoms with van der Waals surface area (Å²) in [5.41, 5.74) is 0.877. The zero-order valence-electron chi connectivity index (χ0n) is 12.0. The Morgan fingerprint density at radius 3 is 2.71 bits per heavy atom. The van der Waals surface area contributed by atoms with Crippen LogP contribution in [0.1, 0.15) is 6.92 Å². The third-order valence-electron chi connectivity index (χ3n) is 2.62. The van der Waals surface area contributed by atoms with E-state index < -0.39 is 10.0 Å². The molecule has 2 N–H and O–H groups in total. The molecule has 1 aromatic heterocycles. The van der Waals surface area contributed by atoms with Crippen LogP contribution in [-0.2, 0) is 10.0 Å². The summed E-state index contributed by atoms with van der Waals surface area (Å²) in [6.45, 7) is 3.15. The van der Waals surface area contributed by atoms with Gasteiger partial charge in [0.15, 0.2) is 5.16 Å². The Balaban J connectivity index is 2.13. The summed E-state index contributed by atoms with van der Waals surface area (Å²) in [5.74, 6) is 1.39. The Kier molecular flexibility index (Phi) is 5.38. The second-order valence-corrected chi connectivity index (χ2v) is 7.31. The molecule has 2 rings (SSSR count). The van der Waals surface area contributed by atoms with Crippen molar-refractivity contribution in [3.8, 4) is 0 Å². The van der Waals surface area contributed by atoms with Crippen molar-refractivity contribution in [2.75, 3.05) is 30.4 Å². The number of rotatable bonds is 7. The molecule has 114 valence electrons. The van der Waals surface area contributed by atoms with E-state index in [1.165, 1.54) is 11.8 Å². The fraction of sp³-hybridized carbons (Fsp3) is 0.385. The van der Waals surface area contributed by atoms with Crippen molar-refractivity contribution < 1.29 is 8.42 Å². The van der Waals surface area contributed by atoms with E-state index in [0.717, 1.165) is 29.5 Å². The van der Waals surface area contributed by atoms with E-state index >= 15 is 0 Å². The van der Waals surface area contributed by atoms with Crippen LogP contribution in [0.4, 0.5) is 5.82 Å². The van der Waals surface area contributed by atoms with Crippen LogP contribution in [0, 0.1) is 0 Å². The predicted octanol–water partition coefficient (Wildman–Crippen LogP) is 1.70. The van der Waals surface area contributed by atoms with E-state index in [2.05, 4.69) is 20.0 Å². The molecule has 0 aliphatic rings. The maximum absolute atomic E-state index is 11.0. The van der Waals surface area contributed by atoms with E-state index in [0.29, 0.717) is 17.5 Å². The minimum absolute atomic E-state index is 0.357. The number of anilines is 1. The van der Waals surface area contributed by atoms with Gasteiger partial charge in [-0.2, -0.15) is 0 Å². The van der Waals surface area contributed by atoms with Gasteiger partial charge in [-0.15, -0.1) is 0 Å². The average molecular weight is 326 g/mol. The Morgan fingerprint density at radius 1 is 1.24 bits per heavy atom. The van der Waals surface area contributed by atoms with Crippen LogP contribution in [0.15, 0.2) is 29.4 Å². The Morgan fingerprint density at radius 2 is 2.00 bits per heavy atom. The lowest BCUT2D eigenvalue weighted by Gasteiger charge is -2.09. The van der Waals surface area contributed by atoms with Crippen LogP contribution < -0.4 is 10.0 Å². The fourth-order valence-electron chi connectivity index (χ4n) is 1.79. The number of benzene rings is 1. The Labute approximate surface area is 128 Å². The quantitative estimate of drug-likeness (QED) is 0.458. The molecule has 0 radical (unpaired) electrons. The molecule has 0 bridgehead atoms. The first-order valence-corrected chi connectivity index (χ1v) is 9.45. The van der Waals surface area contributed by atoms with Gasteiger partial charge >= 0.3 is 0 Å². The zero-order chi connectivity index (χ0) is 15.3. The molecule has 0 fully saturated rings. The topological polar surface area (TPSA) is 84.0 Å². The monoisotopic (exact) mass is 326 g/mol. The Hall–Kier alpha value is -1.38. The minimum atomic E-state index is -3.15. The average Bonchev–Trinajstić information content (AvgIpc) is 2.43. The second-order valence-electron chi connectivity index (χ2n) is 4.42. The van der Waals surface area contributed by atoms with E-state index in [1.54, 1.807) is 0 Å². The first-order chi connectivity index (χ1) is 9.99. The van der Waals surface area contributed by atoms with Gasteiger partial charge in [0.1, 0.15) is 5.82 Å². The molecule has 0 aliphatic heterocycles. The zero-order valence-corrected chi connectivity index (χ0v) is 13.6. The van der Waals surface area contributed by atoms with Crippen molar-refractivity contribution in [2.45, 2.75) is 12.1 Å². The highest BCUT2D eigenvalue weighted by Gasteiger charge is 2.07. The third kappa shape index (κ3) is 4.83. The normalized spacial score (nSPS) is 11.7. The van der Waals surface area contributed by atoms with E-state index in [4.69, 9.17) is 0 Å². The SMILES string of the molecule is CCNc1nc(SCCNS(C)(=O)=O)nc2ccccc12. The van der Waals surface area contributed by atoms with Gasteiger partial charge in [0, 0.05) is 24.2 Å². The Bertz CT molecular complexity index is 719. The molecule has 0 saturated heterocycles. The summed E-state index contributed by atoms with van der Waals surface area (Å²) in [5, 5.41) is 4.85. The van der Waals surface area contributed by atoms with Crippen molar-refractivity contribution in [2.24, 2.45) is 0 Å². The summed E-state index contributed by atoms with van der Waals surface area (Å²) in [7, 11) is -3.15. The standard InChI is InChI=1S/C13H18N4O2S2/c1-3-14-12-10-6-4-5-7-11(10)16-13(17-12)20-9-8-15-21(2,18)19/h4-7,15H,3,8-9H2,1-2H3,(H,14,16,17). The van der Waals surface area contributed by atoms with Crippen molar-refractivity contribution in [1.29, 1.82) is 0 Å². The van der Waals surface area contributed by atoms with Crippen molar-refractivity contribution in [3.05, 3.63) is 24.3 Å². The number of hydrogen-bond donors (Lipinski definition) is 2. The highest BCUT2D eigenvalue weighted by Crippen LogP contribution is 2.23. The number of thioether (sulfide) groups is 1. The lowest BCUT2D eigenvalue weighted by Crippen LogP contribution is -2.24. The number of aromatic nitrogens is 2. The van der Waals surface area contributed by atoms with Crippen LogP contribution in [-0.4, -0.2) is 43.5 Å². The lowest BCUT2D eigenvalue weighted by molar-refractivity contribution is 0.590. The number of para-hydroxylation sites is 1. The van der Waals surface area contributed by atoms with Gasteiger partial charge in [-0.3, -0.25) is 0 Å². The van der Waals surface area contributed by atoms with Gasteiger partial charge in [0.05, 0.1) is 11.8 Å². The van der Waals surface area contributed by atoms with Gasteiger partial charge in [0.2, 0.25) is 10.0 Å². The smallest absolute Gasteiger partial charge is 0.208 e. The second kappa shape index (κ2) is 7.06. The molecule has 0 spiro atoms. The summed E-state index contributed by atoms with van der Waals surface area (Å²) in [6.07, 6.45) is 1.15. The molecule has 0 atom stereocenters. The molecule has 0 aliphatic carbocycles. The number of hydrogen-bond acceptors (Lipinski definition) is 6. The highest BCUT2D eigenvalue weighted by atomic mass is 32.2. The summed E-state index contributed by atoms with van der Waals surface area (Å²) >= 11 is 1.43. The number of nitrogens with one attached hydrogen (secondary N) is 2. The van der Waals surface area contributed by atoms with Crippen molar-refractivity contribution in [3.63, 3.8) is 0 Å². The first kappa shape index (κ1) is 16.0. The molecule has 0 unspecified atom stereocenters. The predicted molar refractivity (Wildman–Crippen MR) is 87.3 cm³/mol. The van der Waals surface area contributed by atoms with Crippen LogP contribution in [0.2, 0.25) is 0 Å². The van der Waals surface area contributed by atoms with Crippen molar-refractivity contribution in [1.82, 2.24) is 14.7 Å². The summed E-state index contributed by atoms with van der Waals surface area (Å²) in [4.78, 5) is 8.97.